The van der Waals surface area contributed by atoms with Gasteiger partial charge < -0.3 is 9.64 Å². The van der Waals surface area contributed by atoms with Crippen LogP contribution in [0.3, 0.4) is 0 Å². The van der Waals surface area contributed by atoms with Gasteiger partial charge in [-0.05, 0) is 117 Å². The number of hydrogen-bond donors (Lipinski definition) is 0. The third-order valence-corrected chi connectivity index (χ3v) is 10.5. The van der Waals surface area contributed by atoms with E-state index in [-0.39, 0.29) is 16.6 Å². The van der Waals surface area contributed by atoms with Gasteiger partial charge in [-0.2, -0.15) is 0 Å². The minimum atomic E-state index is -0.0577. The molecule has 2 saturated carbocycles. The second-order valence-corrected chi connectivity index (χ2v) is 12.0. The zero-order chi connectivity index (χ0) is 22.4. The Morgan fingerprint density at radius 1 is 1.06 bits per heavy atom. The van der Waals surface area contributed by atoms with Crippen LogP contribution in [0, 0.1) is 11.3 Å². The Morgan fingerprint density at radius 3 is 2.85 bits per heavy atom. The smallest absolute Gasteiger partial charge is 0.0974 e. The van der Waals surface area contributed by atoms with Gasteiger partial charge in [0.1, 0.15) is 0 Å². The highest BCUT2D eigenvalue weighted by atomic mass is 16.5. The van der Waals surface area contributed by atoms with Crippen molar-refractivity contribution < 1.29 is 4.74 Å². The van der Waals surface area contributed by atoms with Gasteiger partial charge in [-0.15, -0.1) is 0 Å². The summed E-state index contributed by atoms with van der Waals surface area (Å²) in [5.74, 6) is 1.20. The summed E-state index contributed by atoms with van der Waals surface area (Å²) in [6, 6.07) is 9.86. The van der Waals surface area contributed by atoms with Crippen LogP contribution >= 0.6 is 0 Å². The van der Waals surface area contributed by atoms with Crippen LogP contribution in [0.1, 0.15) is 69.8 Å². The lowest BCUT2D eigenvalue weighted by molar-refractivity contribution is -0.139. The monoisotopic (exact) mass is 440 g/mol. The summed E-state index contributed by atoms with van der Waals surface area (Å²) in [6.07, 6.45) is 18.9. The Balaban J connectivity index is 1.28. The second kappa shape index (κ2) is 6.79. The van der Waals surface area contributed by atoms with Crippen molar-refractivity contribution in [3.8, 4) is 0 Å². The first-order valence-electron chi connectivity index (χ1n) is 13.1. The van der Waals surface area contributed by atoms with Crippen molar-refractivity contribution in [3.63, 3.8) is 0 Å². The summed E-state index contributed by atoms with van der Waals surface area (Å²) >= 11 is 0. The molecule has 2 aromatic rings. The molecule has 3 heteroatoms. The Labute approximate surface area is 197 Å². The molecule has 3 aliphatic carbocycles. The molecule has 6 atom stereocenters. The molecule has 2 spiro atoms. The number of ether oxygens (including phenoxy) is 1. The molecular weight excluding hydrogens is 404 g/mol. The summed E-state index contributed by atoms with van der Waals surface area (Å²) in [7, 11) is 4.49. The number of hydrogen-bond acceptors (Lipinski definition) is 3. The van der Waals surface area contributed by atoms with E-state index in [0.29, 0.717) is 17.9 Å². The van der Waals surface area contributed by atoms with E-state index in [4.69, 9.17) is 4.74 Å². The van der Waals surface area contributed by atoms with E-state index in [1.165, 1.54) is 73.3 Å². The van der Waals surface area contributed by atoms with Crippen molar-refractivity contribution in [1.29, 1.82) is 0 Å². The minimum Gasteiger partial charge on any atom is -0.359 e. The van der Waals surface area contributed by atoms with Crippen LogP contribution < -0.4 is 0 Å². The number of aromatic nitrogens is 1. The van der Waals surface area contributed by atoms with Gasteiger partial charge in [-0.3, -0.25) is 4.98 Å². The molecule has 0 amide bonds. The number of fused-ring (bicyclic) bond motifs is 2. The molecule has 172 valence electrons. The van der Waals surface area contributed by atoms with Gasteiger partial charge in [-0.1, -0.05) is 31.2 Å². The van der Waals surface area contributed by atoms with Crippen LogP contribution in [-0.4, -0.2) is 41.2 Å². The SMILES string of the molecule is CN(C)C1CCC2=CC3=CCC4(C)C(c5ccc6ccncc6c5)CCC4C34CCC2(C1)O4. The van der Waals surface area contributed by atoms with Crippen LogP contribution in [0.4, 0.5) is 0 Å². The summed E-state index contributed by atoms with van der Waals surface area (Å²) in [4.78, 5) is 6.81. The predicted octanol–water partition coefficient (Wildman–Crippen LogP) is 6.41. The fourth-order valence-electron chi connectivity index (χ4n) is 8.69. The molecule has 3 nitrogen and oxygen atoms in total. The molecule has 3 fully saturated rings. The molecule has 1 aromatic heterocycles. The molecule has 3 heterocycles. The highest BCUT2D eigenvalue weighted by Gasteiger charge is 2.66. The molecule has 2 bridgehead atoms. The van der Waals surface area contributed by atoms with Crippen molar-refractivity contribution in [2.45, 2.75) is 81.5 Å². The molecule has 0 radical (unpaired) electrons. The number of benzene rings is 1. The first kappa shape index (κ1) is 20.4. The van der Waals surface area contributed by atoms with E-state index in [1.807, 2.05) is 12.4 Å². The zero-order valence-electron chi connectivity index (χ0n) is 20.3. The number of allylic oxidation sites excluding steroid dienone is 1. The average Bonchev–Trinajstić information content (AvgIpc) is 3.33. The topological polar surface area (TPSA) is 25.4 Å². The van der Waals surface area contributed by atoms with Crippen LogP contribution in [0.5, 0.6) is 0 Å². The molecule has 1 saturated heterocycles. The lowest BCUT2D eigenvalue weighted by Crippen LogP contribution is -2.55. The first-order valence-corrected chi connectivity index (χ1v) is 13.1. The van der Waals surface area contributed by atoms with Gasteiger partial charge >= 0.3 is 0 Å². The first-order chi connectivity index (χ1) is 15.9. The Bertz CT molecular complexity index is 1200. The van der Waals surface area contributed by atoms with Crippen molar-refractivity contribution in [2.75, 3.05) is 14.1 Å². The standard InChI is InChI=1S/C30H36N2O/c1-28-12-10-24-17-23-6-7-25(32(2)3)18-29(23)13-14-30(24,33-29)27(28)9-8-26(28)21-5-4-20-11-15-31-19-22(20)16-21/h4-5,10-11,15-17,19,25-27H,6-9,12-14,18H2,1-3H3. The van der Waals surface area contributed by atoms with Crippen LogP contribution in [-0.2, 0) is 4.74 Å². The molecule has 5 aliphatic rings. The largest absolute Gasteiger partial charge is 0.359 e. The lowest BCUT2D eigenvalue weighted by Gasteiger charge is -2.54. The average molecular weight is 441 g/mol. The maximum Gasteiger partial charge on any atom is 0.0974 e. The molecular formula is C30H36N2O. The lowest BCUT2D eigenvalue weighted by atomic mass is 9.58. The fourth-order valence-corrected chi connectivity index (χ4v) is 8.69. The number of rotatable bonds is 2. The summed E-state index contributed by atoms with van der Waals surface area (Å²) in [6.45, 7) is 2.57. The Hall–Kier alpha value is -1.97. The van der Waals surface area contributed by atoms with Gasteiger partial charge in [0.25, 0.3) is 0 Å². The number of pyridine rings is 1. The Morgan fingerprint density at radius 2 is 1.97 bits per heavy atom. The summed E-state index contributed by atoms with van der Waals surface area (Å²) < 4.78 is 7.42. The van der Waals surface area contributed by atoms with Gasteiger partial charge in [0, 0.05) is 23.8 Å². The van der Waals surface area contributed by atoms with Crippen LogP contribution in [0.2, 0.25) is 0 Å². The van der Waals surface area contributed by atoms with Gasteiger partial charge in [0.15, 0.2) is 0 Å². The van der Waals surface area contributed by atoms with Crippen LogP contribution in [0.25, 0.3) is 10.8 Å². The molecule has 1 aromatic carbocycles. The number of nitrogens with zero attached hydrogens (tertiary/aromatic N) is 2. The fraction of sp³-hybridized carbons (Fsp3) is 0.567. The van der Waals surface area contributed by atoms with Crippen molar-refractivity contribution in [1.82, 2.24) is 9.88 Å². The second-order valence-electron chi connectivity index (χ2n) is 12.0. The van der Waals surface area contributed by atoms with Gasteiger partial charge in [0.05, 0.1) is 11.2 Å². The van der Waals surface area contributed by atoms with Crippen molar-refractivity contribution >= 4 is 10.8 Å². The summed E-state index contributed by atoms with van der Waals surface area (Å²) in [5, 5.41) is 2.56. The normalized spacial score (nSPS) is 41.4. The minimum absolute atomic E-state index is 0.00448. The van der Waals surface area contributed by atoms with E-state index in [1.54, 1.807) is 5.57 Å². The summed E-state index contributed by atoms with van der Waals surface area (Å²) in [5.41, 5.74) is 4.82. The maximum atomic E-state index is 7.42. The van der Waals surface area contributed by atoms with E-state index >= 15 is 0 Å². The predicted molar refractivity (Wildman–Crippen MR) is 133 cm³/mol. The van der Waals surface area contributed by atoms with Gasteiger partial charge in [0.2, 0.25) is 0 Å². The third kappa shape index (κ3) is 2.67. The highest BCUT2D eigenvalue weighted by molar-refractivity contribution is 5.82. The van der Waals surface area contributed by atoms with E-state index < -0.39 is 0 Å². The molecule has 33 heavy (non-hydrogen) atoms. The Kier molecular flexibility index (Phi) is 4.20. The van der Waals surface area contributed by atoms with Crippen LogP contribution in [0.15, 0.2) is 60.0 Å². The van der Waals surface area contributed by atoms with E-state index in [9.17, 15) is 0 Å². The third-order valence-electron chi connectivity index (χ3n) is 10.5. The molecule has 2 aliphatic heterocycles. The molecule has 6 unspecified atom stereocenters. The molecule has 0 N–H and O–H groups in total. The van der Waals surface area contributed by atoms with Crippen molar-refractivity contribution in [2.24, 2.45) is 11.3 Å². The van der Waals surface area contributed by atoms with Gasteiger partial charge in [-0.25, -0.2) is 0 Å². The van der Waals surface area contributed by atoms with E-state index in [0.717, 1.165) is 0 Å². The zero-order valence-corrected chi connectivity index (χ0v) is 20.3. The van der Waals surface area contributed by atoms with Crippen molar-refractivity contribution in [3.05, 3.63) is 65.5 Å². The molecule has 7 rings (SSSR count). The quantitative estimate of drug-likeness (QED) is 0.540. The van der Waals surface area contributed by atoms with E-state index in [2.05, 4.69) is 67.3 Å². The highest BCUT2D eigenvalue weighted by Crippen LogP contribution is 2.69. The maximum absolute atomic E-state index is 7.42.